The van der Waals surface area contributed by atoms with E-state index in [2.05, 4.69) is 10.6 Å². The van der Waals surface area contributed by atoms with Gasteiger partial charge in [-0.2, -0.15) is 0 Å². The van der Waals surface area contributed by atoms with Crippen molar-refractivity contribution in [1.29, 1.82) is 0 Å². The largest absolute Gasteiger partial charge is 0.386 e. The fourth-order valence-electron chi connectivity index (χ4n) is 1.86. The molecule has 0 aliphatic heterocycles. The van der Waals surface area contributed by atoms with Crippen LogP contribution in [0, 0.1) is 21.8 Å². The van der Waals surface area contributed by atoms with E-state index in [4.69, 9.17) is 0 Å². The molecule has 6 nitrogen and oxygen atoms in total. The van der Waals surface area contributed by atoms with E-state index < -0.39 is 22.3 Å². The number of rotatable bonds is 4. The Labute approximate surface area is 109 Å². The predicted octanol–water partition coefficient (Wildman–Crippen LogP) is 1.91. The van der Waals surface area contributed by atoms with Crippen LogP contribution >= 0.6 is 0 Å². The highest BCUT2D eigenvalue weighted by molar-refractivity contribution is 5.99. The minimum atomic E-state index is -0.759. The summed E-state index contributed by atoms with van der Waals surface area (Å²) in [5.41, 5.74) is -0.600. The molecule has 0 bridgehead atoms. The highest BCUT2D eigenvalue weighted by Crippen LogP contribution is 2.31. The predicted molar refractivity (Wildman–Crippen MR) is 67.6 cm³/mol. The summed E-state index contributed by atoms with van der Waals surface area (Å²) in [4.78, 5) is 22.1. The number of nitro benzene ring substituents is 1. The molecule has 2 atom stereocenters. The average Bonchev–Trinajstić information content (AvgIpc) is 3.04. The van der Waals surface area contributed by atoms with Crippen molar-refractivity contribution in [2.45, 2.75) is 19.4 Å². The molecule has 2 rings (SSSR count). The summed E-state index contributed by atoms with van der Waals surface area (Å²) in [5, 5.41) is 16.1. The lowest BCUT2D eigenvalue weighted by Gasteiger charge is -2.08. The third-order valence-corrected chi connectivity index (χ3v) is 3.22. The Morgan fingerprint density at radius 1 is 1.53 bits per heavy atom. The van der Waals surface area contributed by atoms with Crippen LogP contribution in [0.25, 0.3) is 0 Å². The number of hydrogen-bond donors (Lipinski definition) is 2. The van der Waals surface area contributed by atoms with Crippen LogP contribution in [0.2, 0.25) is 0 Å². The Kier molecular flexibility index (Phi) is 3.37. The number of nitrogens with one attached hydrogen (secondary N) is 2. The van der Waals surface area contributed by atoms with Crippen LogP contribution in [0.3, 0.4) is 0 Å². The van der Waals surface area contributed by atoms with Gasteiger partial charge in [0.15, 0.2) is 5.82 Å². The van der Waals surface area contributed by atoms with Gasteiger partial charge in [0.2, 0.25) is 0 Å². The first-order valence-electron chi connectivity index (χ1n) is 5.90. The van der Waals surface area contributed by atoms with Gasteiger partial charge in [-0.25, -0.2) is 4.39 Å². The summed E-state index contributed by atoms with van der Waals surface area (Å²) in [6, 6.07) is 1.97. The Hall–Kier alpha value is -2.18. The van der Waals surface area contributed by atoms with Crippen molar-refractivity contribution >= 4 is 17.3 Å². The molecular formula is C12H14FN3O3. The van der Waals surface area contributed by atoms with Crippen LogP contribution in [0.4, 0.5) is 15.8 Å². The Morgan fingerprint density at radius 2 is 2.16 bits per heavy atom. The molecule has 0 saturated heterocycles. The van der Waals surface area contributed by atoms with E-state index in [0.717, 1.165) is 18.6 Å². The van der Waals surface area contributed by atoms with E-state index in [0.29, 0.717) is 5.92 Å². The lowest BCUT2D eigenvalue weighted by molar-refractivity contribution is -0.385. The van der Waals surface area contributed by atoms with Crippen molar-refractivity contribution < 1.29 is 14.1 Å². The van der Waals surface area contributed by atoms with Gasteiger partial charge in [0.05, 0.1) is 16.7 Å². The smallest absolute Gasteiger partial charge is 0.285 e. The number of carbonyl (C=O) groups excluding carboxylic acids is 1. The van der Waals surface area contributed by atoms with Crippen LogP contribution in [-0.4, -0.2) is 23.9 Å². The van der Waals surface area contributed by atoms with Crippen LogP contribution in [0.5, 0.6) is 0 Å². The van der Waals surface area contributed by atoms with Gasteiger partial charge >= 0.3 is 0 Å². The van der Waals surface area contributed by atoms with Crippen molar-refractivity contribution in [3.63, 3.8) is 0 Å². The third kappa shape index (κ3) is 2.64. The molecule has 1 aliphatic carbocycles. The Balaban J connectivity index is 2.35. The molecular weight excluding hydrogens is 253 g/mol. The highest BCUT2D eigenvalue weighted by atomic mass is 19.1. The van der Waals surface area contributed by atoms with Crippen LogP contribution in [0.1, 0.15) is 23.7 Å². The summed E-state index contributed by atoms with van der Waals surface area (Å²) in [5.74, 6) is -0.921. The van der Waals surface area contributed by atoms with Crippen LogP contribution < -0.4 is 10.6 Å². The second kappa shape index (κ2) is 4.83. The maximum Gasteiger partial charge on any atom is 0.285 e. The van der Waals surface area contributed by atoms with Gasteiger partial charge in [0.1, 0.15) is 5.56 Å². The Bertz CT molecular complexity index is 547. The molecule has 1 saturated carbocycles. The van der Waals surface area contributed by atoms with Gasteiger partial charge in [-0.1, -0.05) is 6.92 Å². The molecule has 0 spiro atoms. The fourth-order valence-corrected chi connectivity index (χ4v) is 1.86. The molecule has 0 aromatic heterocycles. The number of benzene rings is 1. The van der Waals surface area contributed by atoms with E-state index >= 15 is 0 Å². The Morgan fingerprint density at radius 3 is 2.63 bits per heavy atom. The van der Waals surface area contributed by atoms with Gasteiger partial charge in [0.25, 0.3) is 11.6 Å². The number of nitro groups is 1. The molecule has 0 heterocycles. The number of nitrogens with zero attached hydrogens (tertiary/aromatic N) is 1. The number of halogens is 1. The quantitative estimate of drug-likeness (QED) is 0.644. The van der Waals surface area contributed by atoms with E-state index in [1.807, 2.05) is 6.92 Å². The summed E-state index contributed by atoms with van der Waals surface area (Å²) < 4.78 is 13.5. The van der Waals surface area contributed by atoms with Crippen molar-refractivity contribution in [1.82, 2.24) is 5.32 Å². The summed E-state index contributed by atoms with van der Waals surface area (Å²) >= 11 is 0. The minimum absolute atomic E-state index is 0.0511. The van der Waals surface area contributed by atoms with Gasteiger partial charge < -0.3 is 10.6 Å². The first-order valence-corrected chi connectivity index (χ1v) is 5.90. The van der Waals surface area contributed by atoms with Crippen molar-refractivity contribution in [3.8, 4) is 0 Å². The zero-order valence-electron chi connectivity index (χ0n) is 10.6. The van der Waals surface area contributed by atoms with Gasteiger partial charge in [-0.15, -0.1) is 0 Å². The number of hydrogen-bond acceptors (Lipinski definition) is 4. The average molecular weight is 267 g/mol. The molecule has 19 heavy (non-hydrogen) atoms. The van der Waals surface area contributed by atoms with Crippen LogP contribution in [0.15, 0.2) is 12.1 Å². The molecule has 1 aliphatic rings. The highest BCUT2D eigenvalue weighted by Gasteiger charge is 2.35. The van der Waals surface area contributed by atoms with E-state index in [1.165, 1.54) is 7.05 Å². The normalized spacial score (nSPS) is 20.8. The summed E-state index contributed by atoms with van der Waals surface area (Å²) in [6.45, 7) is 1.98. The second-order valence-corrected chi connectivity index (χ2v) is 4.65. The lowest BCUT2D eigenvalue weighted by Crippen LogP contribution is -2.27. The number of carbonyl (C=O) groups is 1. The first-order chi connectivity index (χ1) is 8.93. The molecule has 2 unspecified atom stereocenters. The maximum atomic E-state index is 13.5. The monoisotopic (exact) mass is 267 g/mol. The molecule has 7 heteroatoms. The fraction of sp³-hybridized carbons (Fsp3) is 0.417. The van der Waals surface area contributed by atoms with Crippen molar-refractivity contribution in [2.24, 2.45) is 5.92 Å². The molecule has 1 fully saturated rings. The molecule has 1 amide bonds. The minimum Gasteiger partial charge on any atom is -0.386 e. The zero-order chi connectivity index (χ0) is 14.2. The first kappa shape index (κ1) is 13.3. The van der Waals surface area contributed by atoms with Crippen LogP contribution in [-0.2, 0) is 0 Å². The molecule has 1 aromatic rings. The maximum absolute atomic E-state index is 13.5. The summed E-state index contributed by atoms with van der Waals surface area (Å²) in [6.07, 6.45) is 0.861. The molecule has 0 radical (unpaired) electrons. The van der Waals surface area contributed by atoms with E-state index in [1.54, 1.807) is 0 Å². The molecule has 102 valence electrons. The molecule has 1 aromatic carbocycles. The standard InChI is InChI=1S/C12H14FN3O3/c1-6-3-9(6)15-12(17)7-4-10(14-2)8(13)5-11(7)16(18)19/h4-6,9,14H,3H2,1-2H3,(H,15,17). The van der Waals surface area contributed by atoms with Gasteiger partial charge in [-0.3, -0.25) is 14.9 Å². The summed E-state index contributed by atoms with van der Waals surface area (Å²) in [7, 11) is 1.48. The van der Waals surface area contributed by atoms with Crippen molar-refractivity contribution in [2.75, 3.05) is 12.4 Å². The molecule has 2 N–H and O–H groups in total. The van der Waals surface area contributed by atoms with Crippen molar-refractivity contribution in [3.05, 3.63) is 33.6 Å². The van der Waals surface area contributed by atoms with Gasteiger partial charge in [-0.05, 0) is 18.4 Å². The second-order valence-electron chi connectivity index (χ2n) is 4.65. The number of amides is 1. The SMILES string of the molecule is CNc1cc(C(=O)NC2CC2C)c([N+](=O)[O-])cc1F. The zero-order valence-corrected chi connectivity index (χ0v) is 10.6. The van der Waals surface area contributed by atoms with E-state index in [-0.39, 0.29) is 17.3 Å². The third-order valence-electron chi connectivity index (χ3n) is 3.22. The van der Waals surface area contributed by atoms with Gasteiger partial charge in [0, 0.05) is 13.1 Å². The lowest BCUT2D eigenvalue weighted by atomic mass is 10.1. The van der Waals surface area contributed by atoms with E-state index in [9.17, 15) is 19.3 Å². The topological polar surface area (TPSA) is 84.3 Å². The number of anilines is 1.